The molecule has 2 heterocycles. The zero-order valence-corrected chi connectivity index (χ0v) is 16.0. The minimum absolute atomic E-state index is 0.662. The largest absolute Gasteiger partial charge is 0.361 e. The molecule has 136 valence electrons. The van der Waals surface area contributed by atoms with Crippen molar-refractivity contribution >= 4 is 22.5 Å². The number of piperidine rings is 1. The van der Waals surface area contributed by atoms with Gasteiger partial charge in [0.15, 0.2) is 0 Å². The van der Waals surface area contributed by atoms with Crippen molar-refractivity contribution in [1.82, 2.24) is 9.88 Å². The molecule has 3 aromatic rings. The minimum Gasteiger partial charge on any atom is -0.361 e. The van der Waals surface area contributed by atoms with E-state index in [1.54, 1.807) is 0 Å². The molecule has 0 bridgehead atoms. The van der Waals surface area contributed by atoms with E-state index in [9.17, 15) is 0 Å². The highest BCUT2D eigenvalue weighted by molar-refractivity contribution is 6.30. The van der Waals surface area contributed by atoms with Crippen LogP contribution in [0.15, 0.2) is 54.7 Å². The molecule has 2 aromatic carbocycles. The van der Waals surface area contributed by atoms with Gasteiger partial charge in [-0.25, -0.2) is 0 Å². The first-order valence-corrected chi connectivity index (χ1v) is 10.2. The first-order valence-electron chi connectivity index (χ1n) is 9.82. The van der Waals surface area contributed by atoms with Gasteiger partial charge in [-0.05, 0) is 80.4 Å². The van der Waals surface area contributed by atoms with Crippen molar-refractivity contribution in [2.75, 3.05) is 19.6 Å². The van der Waals surface area contributed by atoms with Gasteiger partial charge in [0, 0.05) is 28.7 Å². The summed E-state index contributed by atoms with van der Waals surface area (Å²) in [6, 6.07) is 17.1. The number of halogens is 1. The summed E-state index contributed by atoms with van der Waals surface area (Å²) < 4.78 is 0. The van der Waals surface area contributed by atoms with Crippen LogP contribution in [0.1, 0.15) is 42.7 Å². The van der Waals surface area contributed by atoms with Gasteiger partial charge in [0.1, 0.15) is 0 Å². The van der Waals surface area contributed by atoms with Crippen LogP contribution >= 0.6 is 11.6 Å². The van der Waals surface area contributed by atoms with E-state index >= 15 is 0 Å². The predicted octanol–water partition coefficient (Wildman–Crippen LogP) is 6.02. The van der Waals surface area contributed by atoms with Crippen LogP contribution < -0.4 is 0 Å². The molecule has 0 aliphatic carbocycles. The zero-order valence-electron chi connectivity index (χ0n) is 15.3. The normalized spacial score (nSPS) is 18.4. The number of hydrogen-bond acceptors (Lipinski definition) is 1. The molecular weight excluding hydrogens is 340 g/mol. The number of nitrogens with zero attached hydrogens (tertiary/aromatic N) is 1. The Morgan fingerprint density at radius 3 is 2.77 bits per heavy atom. The maximum Gasteiger partial charge on any atom is 0.0456 e. The number of aromatic nitrogens is 1. The highest BCUT2D eigenvalue weighted by Crippen LogP contribution is 2.28. The molecule has 1 unspecified atom stereocenters. The Labute approximate surface area is 161 Å². The molecular formula is C23H27ClN2. The second-order valence-corrected chi connectivity index (χ2v) is 7.94. The third kappa shape index (κ3) is 4.13. The predicted molar refractivity (Wildman–Crippen MR) is 111 cm³/mol. The van der Waals surface area contributed by atoms with E-state index in [1.807, 2.05) is 12.1 Å². The average molecular weight is 367 g/mol. The Morgan fingerprint density at radius 1 is 1.04 bits per heavy atom. The van der Waals surface area contributed by atoms with E-state index in [1.165, 1.54) is 73.8 Å². The van der Waals surface area contributed by atoms with Gasteiger partial charge in [-0.3, -0.25) is 0 Å². The van der Waals surface area contributed by atoms with Crippen LogP contribution in [0.5, 0.6) is 0 Å². The first kappa shape index (κ1) is 17.6. The highest BCUT2D eigenvalue weighted by Gasteiger charge is 2.20. The van der Waals surface area contributed by atoms with Crippen LogP contribution in [0.25, 0.3) is 10.9 Å². The van der Waals surface area contributed by atoms with E-state index in [0.717, 1.165) is 5.02 Å². The van der Waals surface area contributed by atoms with Crippen molar-refractivity contribution in [3.63, 3.8) is 0 Å². The summed E-state index contributed by atoms with van der Waals surface area (Å²) in [5.74, 6) is 0.662. The molecule has 1 aliphatic heterocycles. The summed E-state index contributed by atoms with van der Waals surface area (Å²) in [7, 11) is 0. The second-order valence-electron chi connectivity index (χ2n) is 7.51. The molecule has 0 amide bonds. The van der Waals surface area contributed by atoms with Gasteiger partial charge in [0.05, 0.1) is 0 Å². The molecule has 1 fully saturated rings. The second kappa shape index (κ2) is 8.28. The van der Waals surface area contributed by atoms with Crippen molar-refractivity contribution in [1.29, 1.82) is 0 Å². The molecule has 2 nitrogen and oxygen atoms in total. The zero-order chi connectivity index (χ0) is 17.8. The van der Waals surface area contributed by atoms with E-state index in [-0.39, 0.29) is 0 Å². The number of aryl methyl sites for hydroxylation is 1. The topological polar surface area (TPSA) is 19.0 Å². The van der Waals surface area contributed by atoms with E-state index in [0.29, 0.717) is 5.92 Å². The minimum atomic E-state index is 0.662. The van der Waals surface area contributed by atoms with E-state index in [2.05, 4.69) is 52.5 Å². The fourth-order valence-electron chi connectivity index (χ4n) is 4.25. The fraction of sp³-hybridized carbons (Fsp3) is 0.391. The third-order valence-corrected chi connectivity index (χ3v) is 5.94. The lowest BCUT2D eigenvalue weighted by atomic mass is 9.90. The van der Waals surface area contributed by atoms with Crippen molar-refractivity contribution in [3.05, 3.63) is 70.9 Å². The molecule has 3 heteroatoms. The van der Waals surface area contributed by atoms with Gasteiger partial charge in [-0.15, -0.1) is 0 Å². The van der Waals surface area contributed by atoms with Crippen LogP contribution in [-0.2, 0) is 6.42 Å². The smallest absolute Gasteiger partial charge is 0.0456 e. The Balaban J connectivity index is 1.26. The quantitative estimate of drug-likeness (QED) is 0.528. The summed E-state index contributed by atoms with van der Waals surface area (Å²) in [6.45, 7) is 3.65. The van der Waals surface area contributed by atoms with Crippen LogP contribution in [0.2, 0.25) is 5.02 Å². The summed E-state index contributed by atoms with van der Waals surface area (Å²) in [5, 5.41) is 2.21. The highest BCUT2D eigenvalue weighted by atomic mass is 35.5. The lowest BCUT2D eigenvalue weighted by Crippen LogP contribution is -2.35. The van der Waals surface area contributed by atoms with Crippen molar-refractivity contribution in [2.45, 2.75) is 38.0 Å². The summed E-state index contributed by atoms with van der Waals surface area (Å²) >= 11 is 6.03. The number of H-pyrrole nitrogens is 1. The number of unbranched alkanes of at least 4 members (excludes halogenated alkanes) is 1. The lowest BCUT2D eigenvalue weighted by Gasteiger charge is -2.33. The Kier molecular flexibility index (Phi) is 5.62. The van der Waals surface area contributed by atoms with Gasteiger partial charge in [0.2, 0.25) is 0 Å². The molecule has 1 atom stereocenters. The van der Waals surface area contributed by atoms with Crippen molar-refractivity contribution < 1.29 is 0 Å². The molecule has 26 heavy (non-hydrogen) atoms. The Bertz CT molecular complexity index is 837. The molecule has 4 rings (SSSR count). The fourth-order valence-corrected chi connectivity index (χ4v) is 4.38. The van der Waals surface area contributed by atoms with Gasteiger partial charge >= 0.3 is 0 Å². The lowest BCUT2D eigenvalue weighted by molar-refractivity contribution is 0.204. The van der Waals surface area contributed by atoms with Crippen LogP contribution in [0.4, 0.5) is 0 Å². The van der Waals surface area contributed by atoms with Crippen LogP contribution in [0.3, 0.4) is 0 Å². The number of aromatic amines is 1. The standard InChI is InChI=1S/C23H27ClN2/c24-21-12-10-18(11-13-21)20-7-5-15-26(17-20)14-4-3-6-19-16-25-23-9-2-1-8-22(19)23/h1-2,8-13,16,20,25H,3-7,14-15,17H2. The van der Waals surface area contributed by atoms with E-state index in [4.69, 9.17) is 11.6 Å². The molecule has 0 spiro atoms. The number of hydrogen-bond donors (Lipinski definition) is 1. The van der Waals surface area contributed by atoms with E-state index < -0.39 is 0 Å². The summed E-state index contributed by atoms with van der Waals surface area (Å²) in [4.78, 5) is 6.04. The van der Waals surface area contributed by atoms with Crippen LogP contribution in [0, 0.1) is 0 Å². The Hall–Kier alpha value is -1.77. The molecule has 0 radical (unpaired) electrons. The maximum atomic E-state index is 6.03. The monoisotopic (exact) mass is 366 g/mol. The molecule has 1 aromatic heterocycles. The van der Waals surface area contributed by atoms with Gasteiger partial charge in [0.25, 0.3) is 0 Å². The summed E-state index contributed by atoms with van der Waals surface area (Å²) in [6.07, 6.45) is 8.47. The van der Waals surface area contributed by atoms with Crippen molar-refractivity contribution in [2.24, 2.45) is 0 Å². The first-order chi connectivity index (χ1) is 12.8. The average Bonchev–Trinajstić information content (AvgIpc) is 3.09. The van der Waals surface area contributed by atoms with Crippen molar-refractivity contribution in [3.8, 4) is 0 Å². The third-order valence-electron chi connectivity index (χ3n) is 5.69. The summed E-state index contributed by atoms with van der Waals surface area (Å²) in [5.41, 5.74) is 4.15. The maximum absolute atomic E-state index is 6.03. The van der Waals surface area contributed by atoms with Gasteiger partial charge in [-0.1, -0.05) is 41.9 Å². The molecule has 1 N–H and O–H groups in total. The van der Waals surface area contributed by atoms with Gasteiger partial charge < -0.3 is 9.88 Å². The number of benzene rings is 2. The molecule has 0 saturated carbocycles. The SMILES string of the molecule is Clc1ccc(C2CCCN(CCCCc3c[nH]c4ccccc34)C2)cc1. The Morgan fingerprint density at radius 2 is 1.88 bits per heavy atom. The number of para-hydroxylation sites is 1. The number of rotatable bonds is 6. The van der Waals surface area contributed by atoms with Crippen LogP contribution in [-0.4, -0.2) is 29.5 Å². The number of likely N-dealkylation sites (tertiary alicyclic amines) is 1. The number of nitrogens with one attached hydrogen (secondary N) is 1. The molecule has 1 saturated heterocycles. The number of fused-ring (bicyclic) bond motifs is 1. The molecule has 1 aliphatic rings. The van der Waals surface area contributed by atoms with Gasteiger partial charge in [-0.2, -0.15) is 0 Å².